The Morgan fingerprint density at radius 3 is 2.81 bits per heavy atom. The minimum Gasteiger partial charge on any atom is -0.396 e. The molecule has 0 radical (unpaired) electrons. The van der Waals surface area contributed by atoms with Crippen LogP contribution < -0.4 is 0 Å². The summed E-state index contributed by atoms with van der Waals surface area (Å²) in [5, 5.41) is 8.86. The Bertz CT molecular complexity index is 418. The van der Waals surface area contributed by atoms with Crippen LogP contribution >= 0.6 is 22.6 Å². The van der Waals surface area contributed by atoms with Gasteiger partial charge in [-0.05, 0) is 40.8 Å². The van der Waals surface area contributed by atoms with Crippen molar-refractivity contribution in [2.45, 2.75) is 0 Å². The van der Waals surface area contributed by atoms with Crippen molar-refractivity contribution < 1.29 is 14.3 Å². The Kier molecular flexibility index (Phi) is 3.44. The number of aliphatic hydroxyl groups is 1. The molecule has 1 fully saturated rings. The highest BCUT2D eigenvalue weighted by Gasteiger charge is 2.31. The molecule has 1 aromatic carbocycles. The molecule has 1 aliphatic rings. The molecule has 0 atom stereocenters. The van der Waals surface area contributed by atoms with E-state index in [1.807, 2.05) is 22.6 Å². The maximum atomic E-state index is 12.9. The number of rotatable bonds is 2. The molecule has 16 heavy (non-hydrogen) atoms. The first-order valence-electron chi connectivity index (χ1n) is 4.97. The molecule has 0 aromatic heterocycles. The molecular weight excluding hydrogens is 324 g/mol. The third-order valence-electron chi connectivity index (χ3n) is 2.66. The molecule has 1 aromatic rings. The van der Waals surface area contributed by atoms with Gasteiger partial charge in [-0.3, -0.25) is 4.79 Å². The molecule has 1 amide bonds. The van der Waals surface area contributed by atoms with E-state index in [2.05, 4.69) is 0 Å². The van der Waals surface area contributed by atoms with Crippen LogP contribution in [0.15, 0.2) is 18.2 Å². The predicted octanol–water partition coefficient (Wildman–Crippen LogP) is 1.49. The highest BCUT2D eigenvalue weighted by molar-refractivity contribution is 14.1. The lowest BCUT2D eigenvalue weighted by Gasteiger charge is -2.38. The summed E-state index contributed by atoms with van der Waals surface area (Å²) < 4.78 is 13.5. The number of hydrogen-bond donors (Lipinski definition) is 1. The van der Waals surface area contributed by atoms with Gasteiger partial charge in [0, 0.05) is 29.2 Å². The lowest BCUT2D eigenvalue weighted by molar-refractivity contribution is 0.0361. The number of hydrogen-bond acceptors (Lipinski definition) is 2. The van der Waals surface area contributed by atoms with Gasteiger partial charge in [-0.1, -0.05) is 0 Å². The minimum atomic E-state index is -0.335. The van der Waals surface area contributed by atoms with E-state index in [1.165, 1.54) is 18.2 Å². The topological polar surface area (TPSA) is 40.5 Å². The predicted molar refractivity (Wildman–Crippen MR) is 65.6 cm³/mol. The summed E-state index contributed by atoms with van der Waals surface area (Å²) in [7, 11) is 0. The van der Waals surface area contributed by atoms with E-state index in [-0.39, 0.29) is 24.2 Å². The number of halogens is 2. The van der Waals surface area contributed by atoms with E-state index >= 15 is 0 Å². The van der Waals surface area contributed by atoms with Gasteiger partial charge in [0.25, 0.3) is 5.91 Å². The number of carbonyl (C=O) groups excluding carboxylic acids is 1. The van der Waals surface area contributed by atoms with Gasteiger partial charge in [0.2, 0.25) is 0 Å². The molecular formula is C11H11FINO2. The summed E-state index contributed by atoms with van der Waals surface area (Å²) in [6.45, 7) is 1.29. The molecule has 3 nitrogen and oxygen atoms in total. The first-order chi connectivity index (χ1) is 7.61. The normalized spacial score (nSPS) is 16.1. The summed E-state index contributed by atoms with van der Waals surface area (Å²) in [5.41, 5.74) is 0.526. The molecule has 0 saturated carbocycles. The molecule has 1 aliphatic heterocycles. The zero-order valence-corrected chi connectivity index (χ0v) is 10.6. The van der Waals surface area contributed by atoms with Crippen molar-refractivity contribution in [1.29, 1.82) is 0 Å². The van der Waals surface area contributed by atoms with Gasteiger partial charge in [-0.15, -0.1) is 0 Å². The van der Waals surface area contributed by atoms with Gasteiger partial charge in [0.15, 0.2) is 0 Å². The Balaban J connectivity index is 2.10. The Labute approximate surface area is 106 Å². The largest absolute Gasteiger partial charge is 0.396 e. The van der Waals surface area contributed by atoms with Gasteiger partial charge in [0.05, 0.1) is 5.56 Å². The Morgan fingerprint density at radius 1 is 1.56 bits per heavy atom. The molecule has 1 N–H and O–H groups in total. The van der Waals surface area contributed by atoms with Crippen LogP contribution in [-0.4, -0.2) is 35.6 Å². The van der Waals surface area contributed by atoms with Crippen molar-refractivity contribution in [3.8, 4) is 0 Å². The zero-order valence-electron chi connectivity index (χ0n) is 8.49. The summed E-state index contributed by atoms with van der Waals surface area (Å²) in [6.07, 6.45) is 0. The lowest BCUT2D eigenvalue weighted by Crippen LogP contribution is -2.51. The second kappa shape index (κ2) is 4.67. The number of carbonyl (C=O) groups is 1. The summed E-state index contributed by atoms with van der Waals surface area (Å²) >= 11 is 1.95. The smallest absolute Gasteiger partial charge is 0.254 e. The summed E-state index contributed by atoms with van der Waals surface area (Å²) in [4.78, 5) is 13.6. The van der Waals surface area contributed by atoms with E-state index in [0.717, 1.165) is 0 Å². The highest BCUT2D eigenvalue weighted by Crippen LogP contribution is 2.21. The quantitative estimate of drug-likeness (QED) is 0.832. The van der Waals surface area contributed by atoms with Crippen molar-refractivity contribution in [2.75, 3.05) is 19.7 Å². The van der Waals surface area contributed by atoms with Crippen molar-refractivity contribution in [1.82, 2.24) is 4.90 Å². The number of nitrogens with zero attached hydrogens (tertiary/aromatic N) is 1. The average Bonchev–Trinajstić information content (AvgIpc) is 2.15. The fourth-order valence-corrected chi connectivity index (χ4v) is 2.39. The first-order valence-corrected chi connectivity index (χ1v) is 6.05. The summed E-state index contributed by atoms with van der Waals surface area (Å²) in [5.74, 6) is -0.228. The zero-order chi connectivity index (χ0) is 11.7. The first kappa shape index (κ1) is 11.8. The van der Waals surface area contributed by atoms with Crippen LogP contribution in [0.2, 0.25) is 0 Å². The number of aliphatic hydroxyl groups excluding tert-OH is 1. The minimum absolute atomic E-state index is 0.0888. The van der Waals surface area contributed by atoms with E-state index in [0.29, 0.717) is 22.2 Å². The van der Waals surface area contributed by atoms with Crippen LogP contribution in [0.4, 0.5) is 4.39 Å². The molecule has 2 rings (SSSR count). The van der Waals surface area contributed by atoms with Gasteiger partial charge >= 0.3 is 0 Å². The second-order valence-corrected chi connectivity index (χ2v) is 5.05. The molecule has 0 aliphatic carbocycles. The molecule has 5 heteroatoms. The highest BCUT2D eigenvalue weighted by atomic mass is 127. The van der Waals surface area contributed by atoms with Crippen LogP contribution in [-0.2, 0) is 0 Å². The fourth-order valence-electron chi connectivity index (χ4n) is 1.68. The van der Waals surface area contributed by atoms with Crippen LogP contribution in [0.25, 0.3) is 0 Å². The van der Waals surface area contributed by atoms with Crippen LogP contribution in [0, 0.1) is 15.3 Å². The third-order valence-corrected chi connectivity index (χ3v) is 3.56. The van der Waals surface area contributed by atoms with E-state index in [9.17, 15) is 9.18 Å². The SMILES string of the molecule is O=C(c1ccc(F)cc1I)N1CC(CO)C1. The average molecular weight is 335 g/mol. The Morgan fingerprint density at radius 2 is 2.25 bits per heavy atom. The lowest BCUT2D eigenvalue weighted by atomic mass is 10.00. The molecule has 1 saturated heterocycles. The number of amides is 1. The van der Waals surface area contributed by atoms with Crippen LogP contribution in [0.1, 0.15) is 10.4 Å². The maximum Gasteiger partial charge on any atom is 0.254 e. The van der Waals surface area contributed by atoms with Crippen LogP contribution in [0.5, 0.6) is 0 Å². The molecule has 0 unspecified atom stereocenters. The van der Waals surface area contributed by atoms with Gasteiger partial charge in [-0.25, -0.2) is 4.39 Å². The van der Waals surface area contributed by atoms with E-state index in [4.69, 9.17) is 5.11 Å². The molecule has 0 spiro atoms. The van der Waals surface area contributed by atoms with Crippen LogP contribution in [0.3, 0.4) is 0 Å². The molecule has 86 valence electrons. The summed E-state index contributed by atoms with van der Waals surface area (Å²) in [6, 6.07) is 4.14. The van der Waals surface area contributed by atoms with Gasteiger partial charge < -0.3 is 10.0 Å². The Hall–Kier alpha value is -0.690. The third kappa shape index (κ3) is 2.20. The van der Waals surface area contributed by atoms with Crippen molar-refractivity contribution in [3.63, 3.8) is 0 Å². The van der Waals surface area contributed by atoms with Gasteiger partial charge in [-0.2, -0.15) is 0 Å². The molecule has 1 heterocycles. The number of likely N-dealkylation sites (tertiary alicyclic amines) is 1. The standard InChI is InChI=1S/C11H11FINO2/c12-8-1-2-9(10(13)3-8)11(16)14-4-7(5-14)6-15/h1-3,7,15H,4-6H2. The fraction of sp³-hybridized carbons (Fsp3) is 0.364. The van der Waals surface area contributed by atoms with Crippen molar-refractivity contribution in [3.05, 3.63) is 33.1 Å². The monoisotopic (exact) mass is 335 g/mol. The molecule has 0 bridgehead atoms. The van der Waals surface area contributed by atoms with Gasteiger partial charge in [0.1, 0.15) is 5.82 Å². The van der Waals surface area contributed by atoms with Crippen molar-refractivity contribution in [2.24, 2.45) is 5.92 Å². The van der Waals surface area contributed by atoms with E-state index < -0.39 is 0 Å². The number of benzene rings is 1. The van der Waals surface area contributed by atoms with Crippen molar-refractivity contribution >= 4 is 28.5 Å². The second-order valence-electron chi connectivity index (χ2n) is 3.88. The van der Waals surface area contributed by atoms with E-state index in [1.54, 1.807) is 4.90 Å². The maximum absolute atomic E-state index is 12.9.